The second-order valence-corrected chi connectivity index (χ2v) is 13.0. The quantitative estimate of drug-likeness (QED) is 0.632. The molecule has 2 saturated heterocycles. The maximum atomic E-state index is 13.5. The maximum absolute atomic E-state index is 13.5. The van der Waals surface area contributed by atoms with Gasteiger partial charge in [-0.2, -0.15) is 4.31 Å². The maximum Gasteiger partial charge on any atom is 0.256 e. The van der Waals surface area contributed by atoms with E-state index in [-0.39, 0.29) is 24.8 Å². The van der Waals surface area contributed by atoms with E-state index in [2.05, 4.69) is 9.98 Å². The van der Waals surface area contributed by atoms with Crippen LogP contribution >= 0.6 is 11.3 Å². The summed E-state index contributed by atoms with van der Waals surface area (Å²) in [7, 11) is -3.53. The molecule has 36 heavy (non-hydrogen) atoms. The summed E-state index contributed by atoms with van der Waals surface area (Å²) < 4.78 is 25.7. The van der Waals surface area contributed by atoms with Gasteiger partial charge in [-0.05, 0) is 37.8 Å². The normalized spacial score (nSPS) is 29.2. The van der Waals surface area contributed by atoms with Crippen molar-refractivity contribution in [2.45, 2.75) is 63.1 Å². The van der Waals surface area contributed by atoms with Gasteiger partial charge in [-0.25, -0.2) is 18.4 Å². The third kappa shape index (κ3) is 4.31. The van der Waals surface area contributed by atoms with Crippen molar-refractivity contribution in [3.63, 3.8) is 0 Å². The Kier molecular flexibility index (Phi) is 6.39. The van der Waals surface area contributed by atoms with Crippen LogP contribution < -0.4 is 0 Å². The van der Waals surface area contributed by atoms with Gasteiger partial charge in [0.25, 0.3) is 5.91 Å². The molecule has 0 radical (unpaired) electrons. The lowest BCUT2D eigenvalue weighted by molar-refractivity contribution is -0.134. The van der Waals surface area contributed by atoms with E-state index in [1.54, 1.807) is 11.3 Å². The van der Waals surface area contributed by atoms with Gasteiger partial charge in [0.1, 0.15) is 6.04 Å². The fraction of sp³-hybridized carbons (Fsp3) is 0.520. The van der Waals surface area contributed by atoms with E-state index < -0.39 is 33.6 Å². The van der Waals surface area contributed by atoms with Crippen molar-refractivity contribution in [3.05, 3.63) is 41.0 Å². The molecule has 3 aliphatic heterocycles. The highest BCUT2D eigenvalue weighted by Crippen LogP contribution is 2.39. The Labute approximate surface area is 214 Å². The molecule has 192 valence electrons. The minimum atomic E-state index is -3.53. The van der Waals surface area contributed by atoms with Gasteiger partial charge in [0.2, 0.25) is 15.9 Å². The van der Waals surface area contributed by atoms with Crippen LogP contribution in [0.5, 0.6) is 0 Å². The van der Waals surface area contributed by atoms with Crippen LogP contribution in [-0.4, -0.2) is 82.8 Å². The number of sulfonamides is 1. The predicted molar refractivity (Wildman–Crippen MR) is 137 cm³/mol. The van der Waals surface area contributed by atoms with Crippen LogP contribution in [0.25, 0.3) is 10.4 Å². The van der Waals surface area contributed by atoms with Gasteiger partial charge in [-0.3, -0.25) is 9.59 Å². The summed E-state index contributed by atoms with van der Waals surface area (Å²) in [4.78, 5) is 38.0. The number of thiazole rings is 1. The van der Waals surface area contributed by atoms with Gasteiger partial charge < -0.3 is 10.0 Å². The van der Waals surface area contributed by atoms with E-state index in [1.807, 2.05) is 43.6 Å². The van der Waals surface area contributed by atoms with Gasteiger partial charge in [0.15, 0.2) is 0 Å². The average Bonchev–Trinajstić information content (AvgIpc) is 3.60. The van der Waals surface area contributed by atoms with E-state index in [9.17, 15) is 23.1 Å². The van der Waals surface area contributed by atoms with Crippen molar-refractivity contribution in [1.82, 2.24) is 14.2 Å². The lowest BCUT2D eigenvalue weighted by atomic mass is 9.78. The minimum Gasteiger partial charge on any atom is -0.391 e. The van der Waals surface area contributed by atoms with E-state index >= 15 is 0 Å². The van der Waals surface area contributed by atoms with Crippen molar-refractivity contribution >= 4 is 38.9 Å². The van der Waals surface area contributed by atoms with Crippen molar-refractivity contribution in [2.24, 2.45) is 4.99 Å². The lowest BCUT2D eigenvalue weighted by Crippen LogP contribution is -2.51. The summed E-state index contributed by atoms with van der Waals surface area (Å²) in [5.41, 5.74) is 4.35. The number of aliphatic hydroxyl groups is 1. The van der Waals surface area contributed by atoms with Crippen LogP contribution in [0, 0.1) is 6.92 Å². The summed E-state index contributed by atoms with van der Waals surface area (Å²) in [6.07, 6.45) is 2.04. The van der Waals surface area contributed by atoms with Gasteiger partial charge in [-0.1, -0.05) is 24.3 Å². The first-order valence-electron chi connectivity index (χ1n) is 12.1. The number of carbonyl (C=O) groups excluding carboxylic acids is 2. The molecule has 0 saturated carbocycles. The lowest BCUT2D eigenvalue weighted by Gasteiger charge is -2.31. The number of aryl methyl sites for hydroxylation is 1. The van der Waals surface area contributed by atoms with Crippen molar-refractivity contribution in [1.29, 1.82) is 0 Å². The van der Waals surface area contributed by atoms with Crippen LogP contribution in [0.3, 0.4) is 0 Å². The van der Waals surface area contributed by atoms with Crippen LogP contribution in [0.15, 0.2) is 34.8 Å². The molecule has 2 amide bonds. The Morgan fingerprint density at radius 2 is 1.97 bits per heavy atom. The first-order valence-corrected chi connectivity index (χ1v) is 14.8. The topological polar surface area (TPSA) is 120 Å². The smallest absolute Gasteiger partial charge is 0.256 e. The largest absolute Gasteiger partial charge is 0.391 e. The number of nitrogens with zero attached hydrogens (tertiary/aromatic N) is 4. The van der Waals surface area contributed by atoms with Gasteiger partial charge >= 0.3 is 0 Å². The summed E-state index contributed by atoms with van der Waals surface area (Å²) in [6, 6.07) is 6.56. The number of hydrogen-bond acceptors (Lipinski definition) is 7. The highest BCUT2D eigenvalue weighted by atomic mass is 32.2. The first-order chi connectivity index (χ1) is 17.0. The van der Waals surface area contributed by atoms with E-state index in [0.717, 1.165) is 28.0 Å². The van der Waals surface area contributed by atoms with Crippen LogP contribution in [0.2, 0.25) is 0 Å². The van der Waals surface area contributed by atoms with E-state index in [0.29, 0.717) is 31.5 Å². The number of hydrogen-bond donors (Lipinski definition) is 1. The predicted octanol–water partition coefficient (Wildman–Crippen LogP) is 2.13. The highest BCUT2D eigenvalue weighted by Gasteiger charge is 2.49. The van der Waals surface area contributed by atoms with Gasteiger partial charge in [0.05, 0.1) is 39.9 Å². The second-order valence-electron chi connectivity index (χ2n) is 10.2. The third-order valence-corrected chi connectivity index (χ3v) is 9.91. The molecule has 1 aromatic heterocycles. The number of rotatable bonds is 5. The van der Waals surface area contributed by atoms with Gasteiger partial charge in [0, 0.05) is 31.6 Å². The van der Waals surface area contributed by atoms with Crippen molar-refractivity contribution in [3.8, 4) is 10.4 Å². The number of likely N-dealkylation sites (tertiary alicyclic amines) is 1. The third-order valence-electron chi connectivity index (χ3n) is 7.64. The molecule has 0 unspecified atom stereocenters. The molecule has 1 N–H and O–H groups in total. The number of aliphatic imine (C=N–C) groups is 1. The summed E-state index contributed by atoms with van der Waals surface area (Å²) >= 11 is 1.57. The summed E-state index contributed by atoms with van der Waals surface area (Å²) in [5, 5.41) is 10.4. The molecule has 0 spiro atoms. The van der Waals surface area contributed by atoms with Crippen LogP contribution in [-0.2, 0) is 25.0 Å². The Balaban J connectivity index is 1.37. The number of amides is 2. The zero-order valence-corrected chi connectivity index (χ0v) is 22.2. The number of benzene rings is 1. The Bertz CT molecular complexity index is 1340. The van der Waals surface area contributed by atoms with E-state index in [1.165, 1.54) is 9.21 Å². The molecular weight excluding hydrogens is 500 g/mol. The summed E-state index contributed by atoms with van der Waals surface area (Å²) in [6.45, 7) is 4.24. The number of β-amino-alcohol motifs (C(OH)–C–C–N with tert-alkyl or cyclic N) is 1. The molecule has 4 atom stereocenters. The standard InChI is InChI=1S/C25H30N4O5S2/c1-15-22(35-14-26-15)16-6-8-17(9-7-16)25(2)12-19(27-24(25)32)21-11-18(30)13-28(21)23(31)20-5-4-10-29(20)36(3,33)34/h6-9,14,18,20-21,30H,4-5,10-13H2,1-3H3/t18-,20+,21-,25+/m1/s1. The average molecular weight is 531 g/mol. The Hall–Kier alpha value is -2.47. The Morgan fingerprint density at radius 1 is 1.25 bits per heavy atom. The molecule has 0 aliphatic carbocycles. The first kappa shape index (κ1) is 25.2. The highest BCUT2D eigenvalue weighted by molar-refractivity contribution is 7.88. The molecule has 1 aromatic carbocycles. The van der Waals surface area contributed by atoms with E-state index in [4.69, 9.17) is 0 Å². The summed E-state index contributed by atoms with van der Waals surface area (Å²) in [5.74, 6) is -0.598. The number of carbonyl (C=O) groups is 2. The Morgan fingerprint density at radius 3 is 2.61 bits per heavy atom. The molecule has 3 aliphatic rings. The SMILES string of the molecule is Cc1ncsc1-c1ccc([C@]2(C)CC([C@H]3C[C@@H](O)CN3C(=O)[C@@H]3CCCN3S(C)(=O)=O)=NC2=O)cc1. The molecule has 4 heterocycles. The zero-order chi connectivity index (χ0) is 25.8. The fourth-order valence-corrected chi connectivity index (χ4v) is 7.60. The molecule has 2 fully saturated rings. The van der Waals surface area contributed by atoms with Crippen molar-refractivity contribution < 1.29 is 23.1 Å². The van der Waals surface area contributed by atoms with Crippen LogP contribution in [0.4, 0.5) is 0 Å². The van der Waals surface area contributed by atoms with Gasteiger partial charge in [-0.15, -0.1) is 11.3 Å². The molecule has 11 heteroatoms. The minimum absolute atomic E-state index is 0.102. The molecule has 2 aromatic rings. The monoisotopic (exact) mass is 530 g/mol. The molecule has 5 rings (SSSR count). The molecular formula is C25H30N4O5S2. The number of aromatic nitrogens is 1. The molecule has 9 nitrogen and oxygen atoms in total. The zero-order valence-electron chi connectivity index (χ0n) is 20.5. The fourth-order valence-electron chi connectivity index (χ4n) is 5.67. The van der Waals surface area contributed by atoms with Crippen molar-refractivity contribution in [2.75, 3.05) is 19.3 Å². The molecule has 0 bridgehead atoms. The second kappa shape index (κ2) is 9.13. The number of aliphatic hydroxyl groups excluding tert-OH is 1. The van der Waals surface area contributed by atoms with Crippen LogP contribution in [0.1, 0.15) is 43.9 Å².